The van der Waals surface area contributed by atoms with Crippen LogP contribution in [0.3, 0.4) is 0 Å². The highest BCUT2D eigenvalue weighted by atomic mass is 16.5. The summed E-state index contributed by atoms with van der Waals surface area (Å²) in [5, 5.41) is 0. The lowest BCUT2D eigenvalue weighted by Crippen LogP contribution is -2.46. The number of ether oxygens (including phenoxy) is 1. The second-order valence-electron chi connectivity index (χ2n) is 7.20. The second-order valence-corrected chi connectivity index (χ2v) is 7.20. The maximum absolute atomic E-state index is 6.56. The maximum atomic E-state index is 6.56. The second kappa shape index (κ2) is 6.50. The van der Waals surface area contributed by atoms with Gasteiger partial charge in [-0.2, -0.15) is 0 Å². The van der Waals surface area contributed by atoms with Gasteiger partial charge in [0.15, 0.2) is 0 Å². The van der Waals surface area contributed by atoms with Crippen molar-refractivity contribution in [2.24, 2.45) is 11.7 Å². The molecular weight excluding hydrogens is 258 g/mol. The van der Waals surface area contributed by atoms with E-state index in [0.29, 0.717) is 5.92 Å². The quantitative estimate of drug-likeness (QED) is 0.912. The van der Waals surface area contributed by atoms with Crippen molar-refractivity contribution in [3.63, 3.8) is 0 Å². The van der Waals surface area contributed by atoms with Crippen LogP contribution in [-0.2, 0) is 11.2 Å². The molecule has 1 aliphatic heterocycles. The van der Waals surface area contributed by atoms with Gasteiger partial charge in [0.2, 0.25) is 0 Å². The van der Waals surface area contributed by atoms with Crippen LogP contribution in [0.1, 0.15) is 56.1 Å². The summed E-state index contributed by atoms with van der Waals surface area (Å²) in [6, 6.07) is 9.05. The van der Waals surface area contributed by atoms with Gasteiger partial charge in [-0.1, -0.05) is 49.1 Å². The van der Waals surface area contributed by atoms with Gasteiger partial charge in [0.05, 0.1) is 5.60 Å². The minimum absolute atomic E-state index is 0.172. The van der Waals surface area contributed by atoms with E-state index in [1.54, 1.807) is 0 Å². The molecule has 21 heavy (non-hydrogen) atoms. The Morgan fingerprint density at radius 3 is 2.86 bits per heavy atom. The average molecular weight is 287 g/mol. The molecule has 2 N–H and O–H groups in total. The van der Waals surface area contributed by atoms with E-state index in [-0.39, 0.29) is 11.6 Å². The van der Waals surface area contributed by atoms with Crippen molar-refractivity contribution in [3.8, 4) is 0 Å². The van der Waals surface area contributed by atoms with Crippen molar-refractivity contribution in [3.05, 3.63) is 35.4 Å². The summed E-state index contributed by atoms with van der Waals surface area (Å²) < 4.78 is 6.20. The highest BCUT2D eigenvalue weighted by molar-refractivity contribution is 5.23. The lowest BCUT2D eigenvalue weighted by Gasteiger charge is -2.45. The fourth-order valence-corrected chi connectivity index (χ4v) is 4.25. The first-order valence-corrected chi connectivity index (χ1v) is 8.62. The molecule has 0 radical (unpaired) electrons. The minimum Gasteiger partial charge on any atom is -0.375 e. The maximum Gasteiger partial charge on any atom is 0.0685 e. The Morgan fingerprint density at radius 2 is 2.10 bits per heavy atom. The Labute approximate surface area is 129 Å². The molecule has 116 valence electrons. The molecule has 1 aliphatic carbocycles. The van der Waals surface area contributed by atoms with Crippen molar-refractivity contribution in [1.82, 2.24) is 0 Å². The molecule has 2 aliphatic rings. The molecule has 2 fully saturated rings. The van der Waals surface area contributed by atoms with Crippen LogP contribution >= 0.6 is 0 Å². The Balaban J connectivity index is 1.62. The van der Waals surface area contributed by atoms with Crippen LogP contribution in [0.15, 0.2) is 24.3 Å². The standard InChI is InChI=1S/C19H29NO/c1-15-6-5-7-16(12-15)13-18(20)17-8-11-21-19(14-17)9-3-2-4-10-19/h5-7,12,17-18H,2-4,8-11,13-14,20H2,1H3. The summed E-state index contributed by atoms with van der Waals surface area (Å²) in [5.74, 6) is 0.623. The van der Waals surface area contributed by atoms with Crippen molar-refractivity contribution >= 4 is 0 Å². The zero-order valence-corrected chi connectivity index (χ0v) is 13.3. The van der Waals surface area contributed by atoms with Crippen LogP contribution in [0.25, 0.3) is 0 Å². The van der Waals surface area contributed by atoms with Crippen molar-refractivity contribution < 1.29 is 4.74 Å². The van der Waals surface area contributed by atoms with Crippen LogP contribution in [0, 0.1) is 12.8 Å². The van der Waals surface area contributed by atoms with Gasteiger partial charge in [0, 0.05) is 12.6 Å². The van der Waals surface area contributed by atoms with E-state index in [1.807, 2.05) is 0 Å². The molecule has 1 heterocycles. The lowest BCUT2D eigenvalue weighted by molar-refractivity contribution is -0.120. The predicted octanol–water partition coefficient (Wildman–Crippen LogP) is 3.99. The van der Waals surface area contributed by atoms with E-state index >= 15 is 0 Å². The normalized spacial score (nSPS) is 26.7. The van der Waals surface area contributed by atoms with E-state index < -0.39 is 0 Å². The third-order valence-electron chi connectivity index (χ3n) is 5.46. The largest absolute Gasteiger partial charge is 0.375 e. The molecule has 0 amide bonds. The van der Waals surface area contributed by atoms with E-state index in [4.69, 9.17) is 10.5 Å². The molecule has 0 aromatic heterocycles. The topological polar surface area (TPSA) is 35.2 Å². The summed E-state index contributed by atoms with van der Waals surface area (Å²) in [5.41, 5.74) is 9.45. The van der Waals surface area contributed by atoms with Crippen LogP contribution in [-0.4, -0.2) is 18.2 Å². The SMILES string of the molecule is Cc1cccc(CC(N)C2CCOC3(CCCCC3)C2)c1. The monoisotopic (exact) mass is 287 g/mol. The number of rotatable bonds is 3. The summed E-state index contributed by atoms with van der Waals surface area (Å²) >= 11 is 0. The van der Waals surface area contributed by atoms with Crippen LogP contribution in [0.2, 0.25) is 0 Å². The number of hydrogen-bond donors (Lipinski definition) is 1. The van der Waals surface area contributed by atoms with Crippen LogP contribution in [0.4, 0.5) is 0 Å². The molecule has 1 saturated heterocycles. The highest BCUT2D eigenvalue weighted by Gasteiger charge is 2.39. The molecule has 1 saturated carbocycles. The van der Waals surface area contributed by atoms with E-state index in [9.17, 15) is 0 Å². The Bertz CT molecular complexity index is 459. The molecule has 1 spiro atoms. The first kappa shape index (κ1) is 15.1. The van der Waals surface area contributed by atoms with E-state index in [1.165, 1.54) is 49.7 Å². The summed E-state index contributed by atoms with van der Waals surface area (Å²) in [6.45, 7) is 3.06. The summed E-state index contributed by atoms with van der Waals surface area (Å²) in [6.07, 6.45) is 9.86. The molecule has 2 atom stereocenters. The lowest BCUT2D eigenvalue weighted by atomic mass is 9.73. The average Bonchev–Trinajstić information content (AvgIpc) is 2.48. The predicted molar refractivity (Wildman–Crippen MR) is 87.4 cm³/mol. The molecule has 2 unspecified atom stereocenters. The van der Waals surface area contributed by atoms with Gasteiger partial charge in [-0.3, -0.25) is 0 Å². The zero-order chi connectivity index (χ0) is 14.7. The van der Waals surface area contributed by atoms with Gasteiger partial charge in [0.25, 0.3) is 0 Å². The summed E-state index contributed by atoms with van der Waals surface area (Å²) in [4.78, 5) is 0. The first-order valence-electron chi connectivity index (χ1n) is 8.62. The number of nitrogens with two attached hydrogens (primary N) is 1. The zero-order valence-electron chi connectivity index (χ0n) is 13.3. The van der Waals surface area contributed by atoms with Crippen LogP contribution < -0.4 is 5.73 Å². The van der Waals surface area contributed by atoms with E-state index in [0.717, 1.165) is 19.4 Å². The van der Waals surface area contributed by atoms with Crippen molar-refractivity contribution in [2.75, 3.05) is 6.61 Å². The van der Waals surface area contributed by atoms with Gasteiger partial charge in [-0.15, -0.1) is 0 Å². The minimum atomic E-state index is 0.172. The molecule has 0 bridgehead atoms. The molecule has 3 rings (SSSR count). The Morgan fingerprint density at radius 1 is 1.29 bits per heavy atom. The third kappa shape index (κ3) is 3.67. The fourth-order valence-electron chi connectivity index (χ4n) is 4.25. The molecule has 2 nitrogen and oxygen atoms in total. The van der Waals surface area contributed by atoms with Gasteiger partial charge in [-0.25, -0.2) is 0 Å². The van der Waals surface area contributed by atoms with Gasteiger partial charge in [-0.05, 0) is 50.5 Å². The molecule has 2 heteroatoms. The Kier molecular flexibility index (Phi) is 4.66. The van der Waals surface area contributed by atoms with Gasteiger partial charge >= 0.3 is 0 Å². The van der Waals surface area contributed by atoms with Crippen LogP contribution in [0.5, 0.6) is 0 Å². The highest BCUT2D eigenvalue weighted by Crippen LogP contribution is 2.41. The number of aryl methyl sites for hydroxylation is 1. The number of benzene rings is 1. The first-order chi connectivity index (χ1) is 10.2. The van der Waals surface area contributed by atoms with Gasteiger partial charge < -0.3 is 10.5 Å². The molecule has 1 aromatic carbocycles. The van der Waals surface area contributed by atoms with Crippen molar-refractivity contribution in [2.45, 2.75) is 69.9 Å². The smallest absolute Gasteiger partial charge is 0.0685 e. The van der Waals surface area contributed by atoms with Crippen molar-refractivity contribution in [1.29, 1.82) is 0 Å². The molecular formula is C19H29NO. The number of hydrogen-bond acceptors (Lipinski definition) is 2. The van der Waals surface area contributed by atoms with Gasteiger partial charge in [0.1, 0.15) is 0 Å². The summed E-state index contributed by atoms with van der Waals surface area (Å²) in [7, 11) is 0. The Hall–Kier alpha value is -0.860. The fraction of sp³-hybridized carbons (Fsp3) is 0.684. The third-order valence-corrected chi connectivity index (χ3v) is 5.46. The van der Waals surface area contributed by atoms with E-state index in [2.05, 4.69) is 31.2 Å². The molecule has 1 aromatic rings.